The smallest absolute Gasteiger partial charge is 0.305 e. The van der Waals surface area contributed by atoms with E-state index < -0.39 is 27.7 Å². The maximum absolute atomic E-state index is 12.2. The van der Waals surface area contributed by atoms with Gasteiger partial charge in [-0.15, -0.1) is 0 Å². The monoisotopic (exact) mass is 348 g/mol. The highest BCUT2D eigenvalue weighted by Crippen LogP contribution is 2.23. The Balaban J connectivity index is 2.59. The standard InChI is InChI=1S/C15H28N2O5S/c1-11(2)17(9-8-15(19)20)14(18)10-23(21,22)16-13-6-4-12(3)5-7-13/h11-13,16H,4-10H2,1-3H3,(H,19,20). The molecule has 0 heterocycles. The van der Waals surface area contributed by atoms with E-state index in [1.807, 2.05) is 0 Å². The summed E-state index contributed by atoms with van der Waals surface area (Å²) in [6.45, 7) is 5.64. The highest BCUT2D eigenvalue weighted by Gasteiger charge is 2.27. The van der Waals surface area contributed by atoms with Gasteiger partial charge in [-0.3, -0.25) is 9.59 Å². The lowest BCUT2D eigenvalue weighted by molar-refractivity contribution is -0.138. The molecule has 0 aliphatic heterocycles. The fourth-order valence-electron chi connectivity index (χ4n) is 2.81. The van der Waals surface area contributed by atoms with Crippen LogP contribution in [0.4, 0.5) is 0 Å². The van der Waals surface area contributed by atoms with Crippen molar-refractivity contribution in [1.29, 1.82) is 0 Å². The number of carboxylic acid groups (broad SMARTS) is 1. The topological polar surface area (TPSA) is 104 Å². The molecule has 1 aliphatic rings. The molecule has 2 N–H and O–H groups in total. The lowest BCUT2D eigenvalue weighted by Crippen LogP contribution is -2.46. The first-order valence-corrected chi connectivity index (χ1v) is 9.77. The third-order valence-corrected chi connectivity index (χ3v) is 5.51. The van der Waals surface area contributed by atoms with E-state index >= 15 is 0 Å². The summed E-state index contributed by atoms with van der Waals surface area (Å²) in [5, 5.41) is 8.73. The highest BCUT2D eigenvalue weighted by atomic mass is 32.2. The van der Waals surface area contributed by atoms with Gasteiger partial charge in [-0.1, -0.05) is 6.92 Å². The van der Waals surface area contributed by atoms with Crippen LogP contribution in [0.25, 0.3) is 0 Å². The van der Waals surface area contributed by atoms with Gasteiger partial charge in [0.25, 0.3) is 0 Å². The van der Waals surface area contributed by atoms with Crippen LogP contribution in [-0.2, 0) is 19.6 Å². The highest BCUT2D eigenvalue weighted by molar-refractivity contribution is 7.90. The summed E-state index contributed by atoms with van der Waals surface area (Å²) in [6.07, 6.45) is 3.36. The number of rotatable bonds is 8. The van der Waals surface area contributed by atoms with Crippen LogP contribution in [-0.4, -0.2) is 54.7 Å². The third kappa shape index (κ3) is 7.30. The summed E-state index contributed by atoms with van der Waals surface area (Å²) in [5.74, 6) is -1.58. The number of sulfonamides is 1. The molecule has 0 aromatic carbocycles. The molecular weight excluding hydrogens is 320 g/mol. The quantitative estimate of drug-likeness (QED) is 0.686. The largest absolute Gasteiger partial charge is 0.481 e. The zero-order valence-electron chi connectivity index (χ0n) is 14.1. The zero-order valence-corrected chi connectivity index (χ0v) is 14.9. The third-order valence-electron chi connectivity index (χ3n) is 4.19. The predicted molar refractivity (Wildman–Crippen MR) is 87.4 cm³/mol. The summed E-state index contributed by atoms with van der Waals surface area (Å²) >= 11 is 0. The van der Waals surface area contributed by atoms with Crippen LogP contribution in [0.1, 0.15) is 52.9 Å². The number of carboxylic acids is 1. The van der Waals surface area contributed by atoms with Crippen molar-refractivity contribution in [2.24, 2.45) is 5.92 Å². The maximum Gasteiger partial charge on any atom is 0.305 e. The van der Waals surface area contributed by atoms with E-state index in [2.05, 4.69) is 11.6 Å². The number of amides is 1. The lowest BCUT2D eigenvalue weighted by atomic mass is 9.88. The molecule has 0 spiro atoms. The fraction of sp³-hybridized carbons (Fsp3) is 0.867. The Morgan fingerprint density at radius 1 is 1.22 bits per heavy atom. The zero-order chi connectivity index (χ0) is 17.6. The van der Waals surface area contributed by atoms with Crippen molar-refractivity contribution in [2.45, 2.75) is 65.0 Å². The van der Waals surface area contributed by atoms with Crippen LogP contribution in [0, 0.1) is 5.92 Å². The van der Waals surface area contributed by atoms with Crippen LogP contribution in [0.2, 0.25) is 0 Å². The van der Waals surface area contributed by atoms with Gasteiger partial charge in [-0.05, 0) is 45.4 Å². The molecule has 1 fully saturated rings. The Morgan fingerprint density at radius 3 is 2.26 bits per heavy atom. The summed E-state index contributed by atoms with van der Waals surface area (Å²) in [6, 6.07) is -0.344. The first-order chi connectivity index (χ1) is 10.6. The Labute approximate surface area is 138 Å². The normalized spacial score (nSPS) is 22.1. The SMILES string of the molecule is CC1CCC(NS(=O)(=O)CC(=O)N(CCC(=O)O)C(C)C)CC1. The minimum atomic E-state index is -3.70. The minimum absolute atomic E-state index is 0.0162. The van der Waals surface area contributed by atoms with E-state index in [0.717, 1.165) is 25.7 Å². The van der Waals surface area contributed by atoms with Crippen molar-refractivity contribution < 1.29 is 23.1 Å². The molecule has 23 heavy (non-hydrogen) atoms. The first kappa shape index (κ1) is 19.9. The van der Waals surface area contributed by atoms with E-state index in [4.69, 9.17) is 5.11 Å². The van der Waals surface area contributed by atoms with Crippen LogP contribution >= 0.6 is 0 Å². The van der Waals surface area contributed by atoms with Gasteiger partial charge in [0.2, 0.25) is 15.9 Å². The van der Waals surface area contributed by atoms with Gasteiger partial charge in [0.05, 0.1) is 6.42 Å². The van der Waals surface area contributed by atoms with Gasteiger partial charge in [0.15, 0.2) is 0 Å². The lowest BCUT2D eigenvalue weighted by Gasteiger charge is -2.28. The molecular formula is C15H28N2O5S. The molecule has 1 saturated carbocycles. The first-order valence-electron chi connectivity index (χ1n) is 8.12. The molecule has 0 atom stereocenters. The molecule has 0 radical (unpaired) electrons. The van der Waals surface area contributed by atoms with Gasteiger partial charge in [-0.2, -0.15) is 0 Å². The number of nitrogens with zero attached hydrogens (tertiary/aromatic N) is 1. The van der Waals surface area contributed by atoms with Crippen molar-refractivity contribution >= 4 is 21.9 Å². The van der Waals surface area contributed by atoms with Crippen LogP contribution in [0.5, 0.6) is 0 Å². The second-order valence-corrected chi connectivity index (χ2v) is 8.41. The molecule has 134 valence electrons. The van der Waals surface area contributed by atoms with Gasteiger partial charge >= 0.3 is 5.97 Å². The second-order valence-electron chi connectivity index (χ2n) is 6.66. The number of aliphatic carboxylic acids is 1. The van der Waals surface area contributed by atoms with E-state index in [1.54, 1.807) is 13.8 Å². The maximum atomic E-state index is 12.2. The molecule has 8 heteroatoms. The van der Waals surface area contributed by atoms with Gasteiger partial charge in [0.1, 0.15) is 5.75 Å². The van der Waals surface area contributed by atoms with E-state index in [-0.39, 0.29) is 25.0 Å². The molecule has 0 aromatic rings. The molecule has 1 rings (SSSR count). The van der Waals surface area contributed by atoms with E-state index in [0.29, 0.717) is 5.92 Å². The molecule has 0 unspecified atom stereocenters. The average molecular weight is 348 g/mol. The Hall–Kier alpha value is -1.15. The van der Waals surface area contributed by atoms with Crippen molar-refractivity contribution in [1.82, 2.24) is 9.62 Å². The minimum Gasteiger partial charge on any atom is -0.481 e. The number of carbonyl (C=O) groups is 2. The Morgan fingerprint density at radius 2 is 1.78 bits per heavy atom. The average Bonchev–Trinajstić information content (AvgIpc) is 2.39. The van der Waals surface area contributed by atoms with Crippen molar-refractivity contribution in [2.75, 3.05) is 12.3 Å². The van der Waals surface area contributed by atoms with Crippen molar-refractivity contribution in [3.63, 3.8) is 0 Å². The second kappa shape index (κ2) is 8.63. The molecule has 0 saturated heterocycles. The summed E-state index contributed by atoms with van der Waals surface area (Å²) in [4.78, 5) is 24.2. The van der Waals surface area contributed by atoms with E-state index in [9.17, 15) is 18.0 Å². The number of hydrogen-bond acceptors (Lipinski definition) is 4. The van der Waals surface area contributed by atoms with Gasteiger partial charge in [-0.25, -0.2) is 13.1 Å². The van der Waals surface area contributed by atoms with Gasteiger partial charge in [0, 0.05) is 18.6 Å². The molecule has 1 amide bonds. The molecule has 0 aromatic heterocycles. The van der Waals surface area contributed by atoms with Crippen molar-refractivity contribution in [3.8, 4) is 0 Å². The van der Waals surface area contributed by atoms with Crippen LogP contribution < -0.4 is 4.72 Å². The summed E-state index contributed by atoms with van der Waals surface area (Å²) < 4.78 is 27.0. The number of carbonyl (C=O) groups excluding carboxylic acids is 1. The van der Waals surface area contributed by atoms with Crippen molar-refractivity contribution in [3.05, 3.63) is 0 Å². The molecule has 7 nitrogen and oxygen atoms in total. The molecule has 1 aliphatic carbocycles. The van der Waals surface area contributed by atoms with E-state index in [1.165, 1.54) is 4.90 Å². The molecule has 0 bridgehead atoms. The summed E-state index contributed by atoms with van der Waals surface area (Å²) in [5.41, 5.74) is 0. The van der Waals surface area contributed by atoms with Gasteiger partial charge < -0.3 is 10.0 Å². The number of hydrogen-bond donors (Lipinski definition) is 2. The summed E-state index contributed by atoms with van der Waals surface area (Å²) in [7, 11) is -3.70. The van der Waals surface area contributed by atoms with Crippen LogP contribution in [0.15, 0.2) is 0 Å². The van der Waals surface area contributed by atoms with Crippen LogP contribution in [0.3, 0.4) is 0 Å². The fourth-order valence-corrected chi connectivity index (χ4v) is 4.12. The number of nitrogens with one attached hydrogen (secondary N) is 1. The Bertz CT molecular complexity index is 510. The Kier molecular flexibility index (Phi) is 7.47. The predicted octanol–water partition coefficient (Wildman–Crippen LogP) is 1.20.